The number of hydrogen-bond acceptors (Lipinski definition) is 5. The van der Waals surface area contributed by atoms with E-state index in [0.29, 0.717) is 18.2 Å². The number of nitro groups is 1. The molecule has 0 amide bonds. The number of nitrogens with zero attached hydrogens (tertiary/aromatic N) is 1. The summed E-state index contributed by atoms with van der Waals surface area (Å²) in [4.78, 5) is 21.0. The Labute approximate surface area is 157 Å². The molecule has 0 aromatic heterocycles. The van der Waals surface area contributed by atoms with Gasteiger partial charge in [-0.25, -0.2) is 0 Å². The van der Waals surface area contributed by atoms with E-state index in [4.69, 9.17) is 16.3 Å². The van der Waals surface area contributed by atoms with Crippen molar-refractivity contribution in [3.8, 4) is 0 Å². The van der Waals surface area contributed by atoms with Crippen molar-refractivity contribution >= 4 is 34.6 Å². The van der Waals surface area contributed by atoms with Crippen LogP contribution in [0.2, 0.25) is 5.02 Å². The van der Waals surface area contributed by atoms with E-state index in [1.54, 1.807) is 24.3 Å². The van der Waals surface area contributed by atoms with Crippen molar-refractivity contribution in [2.24, 2.45) is 0 Å². The summed E-state index contributed by atoms with van der Waals surface area (Å²) in [7, 11) is 0. The predicted molar refractivity (Wildman–Crippen MR) is 93.2 cm³/mol. The van der Waals surface area contributed by atoms with Crippen LogP contribution in [0.4, 0.5) is 30.2 Å². The highest BCUT2D eigenvalue weighted by Gasteiger charge is 2.36. The normalized spacial score (nSPS) is 11.1. The van der Waals surface area contributed by atoms with Crippen molar-refractivity contribution in [3.05, 3.63) is 62.7 Å². The van der Waals surface area contributed by atoms with Crippen LogP contribution in [0.5, 0.6) is 0 Å². The van der Waals surface area contributed by atoms with Crippen molar-refractivity contribution < 1.29 is 27.6 Å². The largest absolute Gasteiger partial charge is 0.466 e. The molecular formula is C17H14ClF3N2O4. The quantitative estimate of drug-likeness (QED) is 0.412. The SMILES string of the molecule is CC(=O)OCCc1ccc(Nc2cc(Cl)c(C(F)(F)F)cc2[N+](=O)[O-])cc1. The summed E-state index contributed by atoms with van der Waals surface area (Å²) in [6, 6.07) is 7.86. The minimum atomic E-state index is -4.80. The Kier molecular flexibility index (Phi) is 6.27. The van der Waals surface area contributed by atoms with E-state index in [1.807, 2.05) is 0 Å². The number of benzene rings is 2. The third-order valence-corrected chi connectivity index (χ3v) is 3.83. The average Bonchev–Trinajstić information content (AvgIpc) is 2.54. The fraction of sp³-hybridized carbons (Fsp3) is 0.235. The van der Waals surface area contributed by atoms with E-state index in [2.05, 4.69) is 5.32 Å². The van der Waals surface area contributed by atoms with E-state index >= 15 is 0 Å². The highest BCUT2D eigenvalue weighted by molar-refractivity contribution is 6.31. The molecule has 1 N–H and O–H groups in total. The molecule has 0 aliphatic carbocycles. The molecule has 0 aliphatic rings. The number of carbonyl (C=O) groups excluding carboxylic acids is 1. The Morgan fingerprint density at radius 2 is 1.89 bits per heavy atom. The maximum Gasteiger partial charge on any atom is 0.418 e. The second-order valence-electron chi connectivity index (χ2n) is 5.52. The number of nitro benzene ring substituents is 1. The molecule has 0 atom stereocenters. The van der Waals surface area contributed by atoms with Crippen LogP contribution in [0.15, 0.2) is 36.4 Å². The molecular weight excluding hydrogens is 389 g/mol. The molecule has 0 aliphatic heterocycles. The Morgan fingerprint density at radius 1 is 1.26 bits per heavy atom. The number of carbonyl (C=O) groups is 1. The summed E-state index contributed by atoms with van der Waals surface area (Å²) in [6.07, 6.45) is -4.32. The van der Waals surface area contributed by atoms with Crippen molar-refractivity contribution in [3.63, 3.8) is 0 Å². The van der Waals surface area contributed by atoms with Crippen LogP contribution in [0.1, 0.15) is 18.1 Å². The second-order valence-corrected chi connectivity index (χ2v) is 5.92. The molecule has 0 radical (unpaired) electrons. The summed E-state index contributed by atoms with van der Waals surface area (Å²) in [5.74, 6) is -0.389. The molecule has 2 aromatic rings. The fourth-order valence-electron chi connectivity index (χ4n) is 2.25. The van der Waals surface area contributed by atoms with Crippen molar-refractivity contribution in [2.45, 2.75) is 19.5 Å². The first-order chi connectivity index (χ1) is 12.6. The maximum atomic E-state index is 12.9. The number of rotatable bonds is 6. The lowest BCUT2D eigenvalue weighted by molar-refractivity contribution is -0.384. The van der Waals surface area contributed by atoms with Crippen molar-refractivity contribution in [1.29, 1.82) is 0 Å². The van der Waals surface area contributed by atoms with Crippen LogP contribution in [-0.2, 0) is 22.1 Å². The number of halogens is 4. The zero-order valence-corrected chi connectivity index (χ0v) is 14.7. The number of hydrogen-bond donors (Lipinski definition) is 1. The Bertz CT molecular complexity index is 854. The summed E-state index contributed by atoms with van der Waals surface area (Å²) in [5.41, 5.74) is -0.912. The van der Waals surface area contributed by atoms with Gasteiger partial charge in [0.25, 0.3) is 5.69 Å². The van der Waals surface area contributed by atoms with E-state index in [9.17, 15) is 28.1 Å². The number of alkyl halides is 3. The first-order valence-electron chi connectivity index (χ1n) is 7.62. The van der Waals surface area contributed by atoms with Gasteiger partial charge in [-0.2, -0.15) is 13.2 Å². The lowest BCUT2D eigenvalue weighted by Crippen LogP contribution is -2.08. The predicted octanol–water partition coefficient (Wildman–Crippen LogP) is 5.12. The van der Waals surface area contributed by atoms with E-state index in [1.165, 1.54) is 6.92 Å². The molecule has 2 rings (SSSR count). The maximum absolute atomic E-state index is 12.9. The Morgan fingerprint density at radius 3 is 2.41 bits per heavy atom. The molecule has 144 valence electrons. The third-order valence-electron chi connectivity index (χ3n) is 3.52. The van der Waals surface area contributed by atoms with Gasteiger partial charge in [-0.05, 0) is 23.8 Å². The Hall–Kier alpha value is -2.81. The van der Waals surface area contributed by atoms with Gasteiger partial charge < -0.3 is 10.1 Å². The number of esters is 1. The standard InChI is InChI=1S/C17H14ClF3N2O4/c1-10(24)27-7-6-11-2-4-12(5-3-11)22-15-9-14(18)13(17(19,20)21)8-16(15)23(25)26/h2-5,8-9,22H,6-7H2,1H3. The van der Waals surface area contributed by atoms with Gasteiger partial charge in [0.15, 0.2) is 0 Å². The van der Waals surface area contributed by atoms with Gasteiger partial charge in [-0.15, -0.1) is 0 Å². The third kappa shape index (κ3) is 5.58. The van der Waals surface area contributed by atoms with Gasteiger partial charge in [0, 0.05) is 25.1 Å². The molecule has 0 saturated heterocycles. The van der Waals surface area contributed by atoms with Crippen molar-refractivity contribution in [1.82, 2.24) is 0 Å². The van der Waals surface area contributed by atoms with Gasteiger partial charge in [0.2, 0.25) is 0 Å². The summed E-state index contributed by atoms with van der Waals surface area (Å²) < 4.78 is 43.5. The lowest BCUT2D eigenvalue weighted by Gasteiger charge is -2.13. The number of ether oxygens (including phenoxy) is 1. The minimum absolute atomic E-state index is 0.161. The summed E-state index contributed by atoms with van der Waals surface area (Å²) >= 11 is 5.64. The highest BCUT2D eigenvalue weighted by atomic mass is 35.5. The summed E-state index contributed by atoms with van der Waals surface area (Å²) in [6.45, 7) is 1.51. The van der Waals surface area contributed by atoms with Crippen LogP contribution in [0, 0.1) is 10.1 Å². The van der Waals surface area contributed by atoms with Crippen molar-refractivity contribution in [2.75, 3.05) is 11.9 Å². The zero-order valence-electron chi connectivity index (χ0n) is 14.0. The molecule has 0 bridgehead atoms. The molecule has 27 heavy (non-hydrogen) atoms. The van der Waals surface area contributed by atoms with E-state index in [-0.39, 0.29) is 18.3 Å². The van der Waals surface area contributed by atoms with Gasteiger partial charge in [-0.1, -0.05) is 23.7 Å². The fourth-order valence-corrected chi connectivity index (χ4v) is 2.52. The number of anilines is 2. The average molecular weight is 403 g/mol. The molecule has 2 aromatic carbocycles. The highest BCUT2D eigenvalue weighted by Crippen LogP contribution is 2.41. The molecule has 0 spiro atoms. The van der Waals surface area contributed by atoms with Crippen LogP contribution in [0.3, 0.4) is 0 Å². The molecule has 0 fully saturated rings. The zero-order chi connectivity index (χ0) is 20.2. The molecule has 0 unspecified atom stereocenters. The summed E-state index contributed by atoms with van der Waals surface area (Å²) in [5, 5.41) is 13.2. The smallest absolute Gasteiger partial charge is 0.418 e. The Balaban J connectivity index is 2.22. The molecule has 0 heterocycles. The van der Waals surface area contributed by atoms with Gasteiger partial charge >= 0.3 is 12.1 Å². The van der Waals surface area contributed by atoms with E-state index < -0.39 is 27.4 Å². The van der Waals surface area contributed by atoms with Crippen LogP contribution >= 0.6 is 11.6 Å². The second kappa shape index (κ2) is 8.26. The van der Waals surface area contributed by atoms with Gasteiger partial charge in [0.05, 0.1) is 22.1 Å². The first-order valence-corrected chi connectivity index (χ1v) is 8.00. The van der Waals surface area contributed by atoms with Crippen LogP contribution in [-0.4, -0.2) is 17.5 Å². The lowest BCUT2D eigenvalue weighted by atomic mass is 10.1. The van der Waals surface area contributed by atoms with Crippen LogP contribution in [0.25, 0.3) is 0 Å². The van der Waals surface area contributed by atoms with Gasteiger partial charge in [0.1, 0.15) is 5.69 Å². The van der Waals surface area contributed by atoms with Gasteiger partial charge in [-0.3, -0.25) is 14.9 Å². The monoisotopic (exact) mass is 402 g/mol. The van der Waals surface area contributed by atoms with E-state index in [0.717, 1.165) is 11.6 Å². The molecule has 10 heteroatoms. The molecule has 6 nitrogen and oxygen atoms in total. The topological polar surface area (TPSA) is 81.5 Å². The minimum Gasteiger partial charge on any atom is -0.466 e. The first kappa shape index (κ1) is 20.5. The number of nitrogens with one attached hydrogen (secondary N) is 1. The van der Waals surface area contributed by atoms with Crippen LogP contribution < -0.4 is 5.32 Å². The molecule has 0 saturated carbocycles.